The number of hydrogen-bond donors (Lipinski definition) is 1. The van der Waals surface area contributed by atoms with E-state index in [2.05, 4.69) is 0 Å². The summed E-state index contributed by atoms with van der Waals surface area (Å²) in [6.07, 6.45) is -1.06. The largest absolute Gasteiger partial charge is 0.494 e. The first-order chi connectivity index (χ1) is 12.3. The van der Waals surface area contributed by atoms with Crippen LogP contribution in [0.25, 0.3) is 0 Å². The number of nitro groups is 1. The zero-order valence-corrected chi connectivity index (χ0v) is 14.3. The molecule has 26 heavy (non-hydrogen) atoms. The summed E-state index contributed by atoms with van der Waals surface area (Å²) in [6, 6.07) is 10.0. The third-order valence-electron chi connectivity index (χ3n) is 3.57. The van der Waals surface area contributed by atoms with Gasteiger partial charge in [-0.2, -0.15) is 0 Å². The minimum absolute atomic E-state index is 0.0581. The van der Waals surface area contributed by atoms with Gasteiger partial charge in [0.25, 0.3) is 5.69 Å². The number of benzene rings is 2. The van der Waals surface area contributed by atoms with Crippen molar-refractivity contribution >= 4 is 23.1 Å². The third kappa shape index (κ3) is 4.35. The number of carbonyl (C=O) groups is 2. The average Bonchev–Trinajstić information content (AvgIpc) is 2.62. The first kappa shape index (κ1) is 18.9. The molecule has 0 amide bonds. The third-order valence-corrected chi connectivity index (χ3v) is 3.57. The molecule has 0 aliphatic carbocycles. The van der Waals surface area contributed by atoms with E-state index in [9.17, 15) is 19.7 Å². The van der Waals surface area contributed by atoms with Gasteiger partial charge in [0.1, 0.15) is 11.4 Å². The molecule has 0 aliphatic heterocycles. The van der Waals surface area contributed by atoms with Crippen molar-refractivity contribution in [2.75, 3.05) is 12.3 Å². The Morgan fingerprint density at radius 3 is 2.35 bits per heavy atom. The van der Waals surface area contributed by atoms with Gasteiger partial charge in [-0.05, 0) is 50.2 Å². The zero-order valence-electron chi connectivity index (χ0n) is 14.3. The lowest BCUT2D eigenvalue weighted by atomic mass is 10.1. The van der Waals surface area contributed by atoms with Gasteiger partial charge < -0.3 is 15.2 Å². The van der Waals surface area contributed by atoms with Crippen LogP contribution in [-0.2, 0) is 4.74 Å². The Kier molecular flexibility index (Phi) is 5.90. The van der Waals surface area contributed by atoms with Gasteiger partial charge in [-0.1, -0.05) is 0 Å². The number of esters is 1. The fraction of sp³-hybridized carbons (Fsp3) is 0.222. The Balaban J connectivity index is 2.09. The van der Waals surface area contributed by atoms with E-state index in [0.29, 0.717) is 17.9 Å². The molecule has 0 aliphatic rings. The van der Waals surface area contributed by atoms with E-state index < -0.39 is 28.5 Å². The van der Waals surface area contributed by atoms with Crippen LogP contribution in [0.15, 0.2) is 42.5 Å². The Morgan fingerprint density at radius 1 is 1.15 bits per heavy atom. The summed E-state index contributed by atoms with van der Waals surface area (Å²) in [6.45, 7) is 3.79. The molecule has 0 saturated heterocycles. The number of anilines is 1. The number of carbonyl (C=O) groups excluding carboxylic acids is 2. The van der Waals surface area contributed by atoms with E-state index in [-0.39, 0.29) is 11.3 Å². The van der Waals surface area contributed by atoms with Crippen LogP contribution in [0.5, 0.6) is 5.75 Å². The predicted molar refractivity (Wildman–Crippen MR) is 94.3 cm³/mol. The Hall–Kier alpha value is -3.42. The summed E-state index contributed by atoms with van der Waals surface area (Å²) in [4.78, 5) is 34.7. The van der Waals surface area contributed by atoms with Crippen LogP contribution in [0, 0.1) is 10.1 Å². The summed E-state index contributed by atoms with van der Waals surface area (Å²) < 4.78 is 10.4. The van der Waals surface area contributed by atoms with Crippen LogP contribution in [0.3, 0.4) is 0 Å². The second-order valence-corrected chi connectivity index (χ2v) is 5.40. The topological polar surface area (TPSA) is 122 Å². The summed E-state index contributed by atoms with van der Waals surface area (Å²) in [5.74, 6) is -0.617. The number of Topliss-reactive ketones (excluding diaryl/α,β-unsaturated/α-hetero) is 1. The van der Waals surface area contributed by atoms with Crippen molar-refractivity contribution in [2.45, 2.75) is 20.0 Å². The molecule has 1 atom stereocenters. The van der Waals surface area contributed by atoms with Crippen molar-refractivity contribution in [3.8, 4) is 5.75 Å². The maximum Gasteiger partial charge on any atom is 0.339 e. The van der Waals surface area contributed by atoms with Crippen LogP contribution < -0.4 is 10.5 Å². The smallest absolute Gasteiger partial charge is 0.339 e. The summed E-state index contributed by atoms with van der Waals surface area (Å²) >= 11 is 0. The number of nitrogen functional groups attached to an aromatic ring is 1. The molecule has 0 saturated carbocycles. The van der Waals surface area contributed by atoms with Crippen molar-refractivity contribution in [1.29, 1.82) is 0 Å². The van der Waals surface area contributed by atoms with Crippen molar-refractivity contribution < 1.29 is 24.0 Å². The van der Waals surface area contributed by atoms with E-state index in [1.165, 1.54) is 19.1 Å². The molecule has 0 spiro atoms. The molecule has 2 rings (SSSR count). The highest BCUT2D eigenvalue weighted by atomic mass is 16.6. The molecule has 8 heteroatoms. The van der Waals surface area contributed by atoms with Crippen LogP contribution in [0.2, 0.25) is 0 Å². The van der Waals surface area contributed by atoms with Crippen LogP contribution in [0.1, 0.15) is 34.6 Å². The second kappa shape index (κ2) is 8.11. The van der Waals surface area contributed by atoms with Crippen LogP contribution >= 0.6 is 0 Å². The van der Waals surface area contributed by atoms with E-state index in [1.54, 1.807) is 24.3 Å². The monoisotopic (exact) mass is 358 g/mol. The van der Waals surface area contributed by atoms with Gasteiger partial charge in [0.2, 0.25) is 5.78 Å². The van der Waals surface area contributed by atoms with Gasteiger partial charge in [-0.3, -0.25) is 14.9 Å². The molecular formula is C18H18N2O6. The summed E-state index contributed by atoms with van der Waals surface area (Å²) in [7, 11) is 0. The fourth-order valence-corrected chi connectivity index (χ4v) is 2.23. The molecule has 2 N–H and O–H groups in total. The number of nitrogens with zero attached hydrogens (tertiary/aromatic N) is 1. The average molecular weight is 358 g/mol. The Bertz CT molecular complexity index is 832. The molecule has 0 bridgehead atoms. The van der Waals surface area contributed by atoms with Gasteiger partial charge in [0, 0.05) is 11.6 Å². The Labute approximate surface area is 149 Å². The lowest BCUT2D eigenvalue weighted by Crippen LogP contribution is -2.24. The fourth-order valence-electron chi connectivity index (χ4n) is 2.23. The number of ether oxygens (including phenoxy) is 2. The predicted octanol–water partition coefficient (Wildman–Crippen LogP) is 3.00. The number of nitrogens with two attached hydrogens (primary N) is 1. The number of hydrogen-bond acceptors (Lipinski definition) is 7. The number of ketones is 1. The molecule has 0 heterocycles. The molecule has 0 fully saturated rings. The first-order valence-corrected chi connectivity index (χ1v) is 7.85. The van der Waals surface area contributed by atoms with E-state index in [4.69, 9.17) is 15.2 Å². The standard InChI is InChI=1S/C18H18N2O6/c1-3-25-14-7-4-12(5-8-14)17(21)11(2)26-18(22)13-6-9-15(19)16(10-13)20(23)24/h4-11H,3,19H2,1-2H3/t11-/m1/s1. The number of nitro benzene ring substituents is 1. The summed E-state index contributed by atoms with van der Waals surface area (Å²) in [5, 5.41) is 10.9. The van der Waals surface area contributed by atoms with Crippen molar-refractivity contribution in [1.82, 2.24) is 0 Å². The molecule has 8 nitrogen and oxygen atoms in total. The van der Waals surface area contributed by atoms with Crippen LogP contribution in [0.4, 0.5) is 11.4 Å². The lowest BCUT2D eigenvalue weighted by Gasteiger charge is -2.13. The number of rotatable bonds is 7. The maximum absolute atomic E-state index is 12.4. The molecule has 2 aromatic carbocycles. The second-order valence-electron chi connectivity index (χ2n) is 5.40. The van der Waals surface area contributed by atoms with Gasteiger partial charge >= 0.3 is 5.97 Å². The van der Waals surface area contributed by atoms with Gasteiger partial charge in [0.15, 0.2) is 6.10 Å². The Morgan fingerprint density at radius 2 is 1.77 bits per heavy atom. The van der Waals surface area contributed by atoms with E-state index >= 15 is 0 Å². The molecule has 2 aromatic rings. The lowest BCUT2D eigenvalue weighted by molar-refractivity contribution is -0.383. The maximum atomic E-state index is 12.4. The van der Waals surface area contributed by atoms with Gasteiger partial charge in [0.05, 0.1) is 17.1 Å². The minimum atomic E-state index is -1.06. The SMILES string of the molecule is CCOc1ccc(C(=O)[C@@H](C)OC(=O)c2ccc(N)c([N+](=O)[O-])c2)cc1. The molecule has 0 aromatic heterocycles. The van der Waals surface area contributed by atoms with Gasteiger partial charge in [-0.15, -0.1) is 0 Å². The van der Waals surface area contributed by atoms with Crippen molar-refractivity contribution in [3.05, 3.63) is 63.7 Å². The molecule has 136 valence electrons. The molecule has 0 unspecified atom stereocenters. The quantitative estimate of drug-likeness (QED) is 0.265. The highest BCUT2D eigenvalue weighted by Gasteiger charge is 2.22. The highest BCUT2D eigenvalue weighted by Crippen LogP contribution is 2.23. The van der Waals surface area contributed by atoms with Crippen molar-refractivity contribution in [2.24, 2.45) is 0 Å². The summed E-state index contributed by atoms with van der Waals surface area (Å²) in [5.41, 5.74) is 5.33. The first-order valence-electron chi connectivity index (χ1n) is 7.85. The van der Waals surface area contributed by atoms with Crippen LogP contribution in [-0.4, -0.2) is 29.4 Å². The highest BCUT2D eigenvalue weighted by molar-refractivity contribution is 6.01. The molecule has 0 radical (unpaired) electrons. The zero-order chi connectivity index (χ0) is 19.3. The minimum Gasteiger partial charge on any atom is -0.494 e. The van der Waals surface area contributed by atoms with E-state index in [1.807, 2.05) is 6.92 Å². The van der Waals surface area contributed by atoms with E-state index in [0.717, 1.165) is 6.07 Å². The van der Waals surface area contributed by atoms with Gasteiger partial charge in [-0.25, -0.2) is 4.79 Å². The normalized spacial score (nSPS) is 11.5. The van der Waals surface area contributed by atoms with Crippen molar-refractivity contribution in [3.63, 3.8) is 0 Å². The molecular weight excluding hydrogens is 340 g/mol.